The van der Waals surface area contributed by atoms with E-state index >= 15 is 0 Å². The first-order chi connectivity index (χ1) is 12.8. The minimum Gasteiger partial charge on any atom is -0.383 e. The number of rotatable bonds is 9. The molecular weight excluding hydrogens is 364 g/mol. The van der Waals surface area contributed by atoms with E-state index in [-0.39, 0.29) is 29.4 Å². The maximum Gasteiger partial charge on any atom is 0.251 e. The molecule has 0 heterocycles. The molecule has 0 aliphatic heterocycles. The molecule has 2 rings (SSSR count). The zero-order valence-electron chi connectivity index (χ0n) is 15.8. The number of carbonyl (C=O) groups is 1. The highest BCUT2D eigenvalue weighted by Gasteiger charge is 2.18. The lowest BCUT2D eigenvalue weighted by atomic mass is 10.0. The minimum absolute atomic E-state index is 0.111. The lowest BCUT2D eigenvalue weighted by Crippen LogP contribution is -2.35. The van der Waals surface area contributed by atoms with Crippen molar-refractivity contribution in [2.75, 3.05) is 20.3 Å². The molecule has 0 aliphatic rings. The Morgan fingerprint density at radius 3 is 2.26 bits per heavy atom. The number of nitrogens with one attached hydrogen (secondary N) is 2. The molecule has 2 atom stereocenters. The van der Waals surface area contributed by atoms with Crippen LogP contribution >= 0.6 is 0 Å². The lowest BCUT2D eigenvalue weighted by Gasteiger charge is -2.14. The van der Waals surface area contributed by atoms with Crippen LogP contribution in [0.25, 0.3) is 0 Å². The summed E-state index contributed by atoms with van der Waals surface area (Å²) in [6.45, 7) is 4.53. The van der Waals surface area contributed by atoms with Gasteiger partial charge in [-0.25, -0.2) is 13.1 Å². The average Bonchev–Trinajstić information content (AvgIpc) is 2.66. The molecule has 2 N–H and O–H groups in total. The first-order valence-electron chi connectivity index (χ1n) is 8.78. The smallest absolute Gasteiger partial charge is 0.251 e. The molecule has 0 radical (unpaired) electrons. The maximum absolute atomic E-state index is 12.3. The van der Waals surface area contributed by atoms with Crippen molar-refractivity contribution in [3.8, 4) is 0 Å². The molecule has 0 aliphatic carbocycles. The summed E-state index contributed by atoms with van der Waals surface area (Å²) in [5.41, 5.74) is 1.56. The average molecular weight is 391 g/mol. The SMILES string of the molecule is COC[C@H](C)NS(=O)(=O)c1ccc(C(=O)NC[C@H](C)c2ccccc2)cc1. The zero-order valence-corrected chi connectivity index (χ0v) is 16.6. The monoisotopic (exact) mass is 390 g/mol. The summed E-state index contributed by atoms with van der Waals surface area (Å²) in [5, 5.41) is 2.88. The van der Waals surface area contributed by atoms with Crippen LogP contribution in [-0.4, -0.2) is 40.6 Å². The predicted molar refractivity (Wildman–Crippen MR) is 105 cm³/mol. The van der Waals surface area contributed by atoms with E-state index in [9.17, 15) is 13.2 Å². The van der Waals surface area contributed by atoms with Crippen LogP contribution in [0, 0.1) is 0 Å². The largest absolute Gasteiger partial charge is 0.383 e. The van der Waals surface area contributed by atoms with Gasteiger partial charge in [-0.15, -0.1) is 0 Å². The van der Waals surface area contributed by atoms with Crippen molar-refractivity contribution in [2.45, 2.75) is 30.7 Å². The van der Waals surface area contributed by atoms with Crippen LogP contribution in [0.2, 0.25) is 0 Å². The van der Waals surface area contributed by atoms with Gasteiger partial charge in [0, 0.05) is 25.3 Å². The second-order valence-corrected chi connectivity index (χ2v) is 8.24. The third-order valence-electron chi connectivity index (χ3n) is 4.14. The Kier molecular flexibility index (Phi) is 7.53. The van der Waals surface area contributed by atoms with Crippen molar-refractivity contribution < 1.29 is 17.9 Å². The number of amides is 1. The van der Waals surface area contributed by atoms with E-state index < -0.39 is 10.0 Å². The highest BCUT2D eigenvalue weighted by Crippen LogP contribution is 2.14. The minimum atomic E-state index is -3.65. The van der Waals surface area contributed by atoms with E-state index in [1.807, 2.05) is 37.3 Å². The van der Waals surface area contributed by atoms with Crippen LogP contribution in [0.5, 0.6) is 0 Å². The Bertz CT molecular complexity index is 836. The van der Waals surface area contributed by atoms with Crippen LogP contribution < -0.4 is 10.0 Å². The van der Waals surface area contributed by atoms with E-state index in [1.165, 1.54) is 31.4 Å². The van der Waals surface area contributed by atoms with Crippen LogP contribution in [-0.2, 0) is 14.8 Å². The van der Waals surface area contributed by atoms with Gasteiger partial charge in [0.05, 0.1) is 11.5 Å². The quantitative estimate of drug-likeness (QED) is 0.689. The second-order valence-electron chi connectivity index (χ2n) is 6.52. The van der Waals surface area contributed by atoms with E-state index in [0.29, 0.717) is 12.1 Å². The number of hydrogen-bond acceptors (Lipinski definition) is 4. The number of methoxy groups -OCH3 is 1. The second kappa shape index (κ2) is 9.64. The Hall–Kier alpha value is -2.22. The van der Waals surface area contributed by atoms with Gasteiger partial charge in [0.15, 0.2) is 0 Å². The molecule has 0 fully saturated rings. The van der Waals surface area contributed by atoms with Gasteiger partial charge < -0.3 is 10.1 Å². The highest BCUT2D eigenvalue weighted by molar-refractivity contribution is 7.89. The predicted octanol–water partition coefficient (Wildman–Crippen LogP) is 2.53. The van der Waals surface area contributed by atoms with Gasteiger partial charge in [0.25, 0.3) is 5.91 Å². The molecule has 0 saturated heterocycles. The lowest BCUT2D eigenvalue weighted by molar-refractivity contribution is 0.0951. The number of sulfonamides is 1. The molecule has 0 saturated carbocycles. The van der Waals surface area contributed by atoms with Gasteiger partial charge in [-0.2, -0.15) is 0 Å². The molecule has 27 heavy (non-hydrogen) atoms. The first kappa shape index (κ1) is 21.1. The van der Waals surface area contributed by atoms with Gasteiger partial charge in [-0.1, -0.05) is 37.3 Å². The summed E-state index contributed by atoms with van der Waals surface area (Å²) in [5.74, 6) is -0.0521. The van der Waals surface area contributed by atoms with Crippen molar-refractivity contribution in [2.24, 2.45) is 0 Å². The fourth-order valence-electron chi connectivity index (χ4n) is 2.65. The number of ether oxygens (including phenoxy) is 1. The third-order valence-corrected chi connectivity index (χ3v) is 5.74. The Morgan fingerprint density at radius 1 is 1.04 bits per heavy atom. The zero-order chi connectivity index (χ0) is 19.9. The highest BCUT2D eigenvalue weighted by atomic mass is 32.2. The molecule has 7 heteroatoms. The van der Waals surface area contributed by atoms with E-state index in [4.69, 9.17) is 4.74 Å². The van der Waals surface area contributed by atoms with E-state index in [0.717, 1.165) is 5.56 Å². The van der Waals surface area contributed by atoms with Crippen molar-refractivity contribution in [3.05, 3.63) is 65.7 Å². The van der Waals surface area contributed by atoms with Gasteiger partial charge >= 0.3 is 0 Å². The maximum atomic E-state index is 12.3. The summed E-state index contributed by atoms with van der Waals surface area (Å²) < 4.78 is 32.1. The molecule has 2 aromatic carbocycles. The number of carbonyl (C=O) groups excluding carboxylic acids is 1. The van der Waals surface area contributed by atoms with Crippen molar-refractivity contribution in [3.63, 3.8) is 0 Å². The molecule has 0 spiro atoms. The van der Waals surface area contributed by atoms with Gasteiger partial charge in [-0.3, -0.25) is 4.79 Å². The fraction of sp³-hybridized carbons (Fsp3) is 0.350. The Morgan fingerprint density at radius 2 is 1.67 bits per heavy atom. The molecule has 0 bridgehead atoms. The van der Waals surface area contributed by atoms with Crippen LogP contribution in [0.3, 0.4) is 0 Å². The van der Waals surface area contributed by atoms with Crippen molar-refractivity contribution >= 4 is 15.9 Å². The van der Waals surface area contributed by atoms with E-state index in [1.54, 1.807) is 6.92 Å². The normalized spacial score (nSPS) is 13.7. The summed E-state index contributed by atoms with van der Waals surface area (Å²) >= 11 is 0. The van der Waals surface area contributed by atoms with Crippen molar-refractivity contribution in [1.29, 1.82) is 0 Å². The molecular formula is C20H26N2O4S. The molecule has 1 amide bonds. The number of hydrogen-bond donors (Lipinski definition) is 2. The standard InChI is InChI=1S/C20H26N2O4S/c1-15(17-7-5-4-6-8-17)13-21-20(23)18-9-11-19(12-10-18)27(24,25)22-16(2)14-26-3/h4-12,15-16,22H,13-14H2,1-3H3,(H,21,23)/t15-,16-/m0/s1. The van der Waals surface area contributed by atoms with Gasteiger partial charge in [-0.05, 0) is 42.7 Å². The van der Waals surface area contributed by atoms with Crippen LogP contribution in [0.4, 0.5) is 0 Å². The Balaban J connectivity index is 1.97. The van der Waals surface area contributed by atoms with Gasteiger partial charge in [0.1, 0.15) is 0 Å². The molecule has 2 aromatic rings. The molecule has 146 valence electrons. The summed E-state index contributed by atoms with van der Waals surface area (Å²) in [4.78, 5) is 12.4. The summed E-state index contributed by atoms with van der Waals surface area (Å²) in [7, 11) is -2.14. The third kappa shape index (κ3) is 6.16. The van der Waals surface area contributed by atoms with Gasteiger partial charge in [0.2, 0.25) is 10.0 Å². The summed E-state index contributed by atoms with van der Waals surface area (Å²) in [6.07, 6.45) is 0. The summed E-state index contributed by atoms with van der Waals surface area (Å²) in [6, 6.07) is 15.5. The molecule has 0 aromatic heterocycles. The van der Waals surface area contributed by atoms with Crippen LogP contribution in [0.1, 0.15) is 35.7 Å². The van der Waals surface area contributed by atoms with Crippen molar-refractivity contribution in [1.82, 2.24) is 10.0 Å². The first-order valence-corrected chi connectivity index (χ1v) is 10.3. The van der Waals surface area contributed by atoms with E-state index in [2.05, 4.69) is 10.0 Å². The fourth-order valence-corrected chi connectivity index (χ4v) is 3.88. The molecule has 6 nitrogen and oxygen atoms in total. The molecule has 0 unspecified atom stereocenters. The number of benzene rings is 2. The van der Waals surface area contributed by atoms with Crippen LogP contribution in [0.15, 0.2) is 59.5 Å². The Labute approximate surface area is 161 Å². The topological polar surface area (TPSA) is 84.5 Å².